The Balaban J connectivity index is 2.66. The van der Waals surface area contributed by atoms with Gasteiger partial charge in [0.2, 0.25) is 5.91 Å². The summed E-state index contributed by atoms with van der Waals surface area (Å²) in [5.74, 6) is -2.52. The zero-order valence-corrected chi connectivity index (χ0v) is 10.3. The van der Waals surface area contributed by atoms with E-state index in [4.69, 9.17) is 0 Å². The number of nitrogens with zero attached hydrogens (tertiary/aromatic N) is 1. The maximum Gasteiger partial charge on any atom is 0.334 e. The number of ether oxygens (including phenoxy) is 1. The Labute approximate surface area is 105 Å². The molecular weight excluding hydrogens is 238 g/mol. The van der Waals surface area contributed by atoms with E-state index in [2.05, 4.69) is 4.74 Å². The van der Waals surface area contributed by atoms with Gasteiger partial charge in [-0.1, -0.05) is 0 Å². The van der Waals surface area contributed by atoms with Crippen molar-refractivity contribution < 1.29 is 24.5 Å². The van der Waals surface area contributed by atoms with Crippen LogP contribution in [-0.4, -0.2) is 47.2 Å². The number of carbonyl (C=O) groups is 2. The summed E-state index contributed by atoms with van der Waals surface area (Å²) in [5.41, 5.74) is 0. The van der Waals surface area contributed by atoms with Crippen LogP contribution in [0.4, 0.5) is 0 Å². The number of hydrogen-bond donors (Lipinski definition) is 2. The molecule has 1 fully saturated rings. The fraction of sp³-hybridized carbons (Fsp3) is 0.500. The van der Waals surface area contributed by atoms with E-state index in [1.807, 2.05) is 0 Å². The first-order chi connectivity index (χ1) is 8.54. The summed E-state index contributed by atoms with van der Waals surface area (Å²) in [6.45, 7) is 1.29. The number of aliphatic hydroxyl groups is 2. The maximum atomic E-state index is 11.7. The van der Waals surface area contributed by atoms with E-state index >= 15 is 0 Å². The normalized spacial score (nSPS) is 17.5. The van der Waals surface area contributed by atoms with Gasteiger partial charge in [0.05, 0.1) is 13.2 Å². The molecule has 0 spiro atoms. The van der Waals surface area contributed by atoms with E-state index in [0.717, 1.165) is 32.4 Å². The molecule has 100 valence electrons. The number of amides is 1. The molecule has 0 aromatic rings. The van der Waals surface area contributed by atoms with Crippen molar-refractivity contribution in [3.05, 3.63) is 23.7 Å². The molecule has 1 aliphatic heterocycles. The van der Waals surface area contributed by atoms with E-state index in [0.29, 0.717) is 19.2 Å². The van der Waals surface area contributed by atoms with Crippen molar-refractivity contribution in [3.63, 3.8) is 0 Å². The van der Waals surface area contributed by atoms with Gasteiger partial charge in [-0.2, -0.15) is 0 Å². The third-order valence-electron chi connectivity index (χ3n) is 2.65. The second kappa shape index (κ2) is 6.68. The second-order valence-corrected chi connectivity index (χ2v) is 3.97. The van der Waals surface area contributed by atoms with Gasteiger partial charge in [0.15, 0.2) is 11.5 Å². The van der Waals surface area contributed by atoms with Gasteiger partial charge >= 0.3 is 5.97 Å². The molecule has 0 aromatic carbocycles. The highest BCUT2D eigenvalue weighted by Crippen LogP contribution is 2.11. The fourth-order valence-corrected chi connectivity index (χ4v) is 1.64. The lowest BCUT2D eigenvalue weighted by molar-refractivity contribution is -0.135. The van der Waals surface area contributed by atoms with Crippen LogP contribution in [0.1, 0.15) is 19.3 Å². The molecule has 1 saturated heterocycles. The predicted octanol–water partition coefficient (Wildman–Crippen LogP) is 1.06. The van der Waals surface area contributed by atoms with Crippen LogP contribution >= 0.6 is 0 Å². The molecule has 0 bridgehead atoms. The molecule has 0 aromatic heterocycles. The van der Waals surface area contributed by atoms with Crippen molar-refractivity contribution in [3.8, 4) is 0 Å². The number of likely N-dealkylation sites (tertiary alicyclic amines) is 1. The summed E-state index contributed by atoms with van der Waals surface area (Å²) < 4.78 is 4.28. The highest BCUT2D eigenvalue weighted by atomic mass is 16.5. The zero-order valence-electron chi connectivity index (χ0n) is 10.3. The summed E-state index contributed by atoms with van der Waals surface area (Å²) in [7, 11) is 1.14. The van der Waals surface area contributed by atoms with Crippen molar-refractivity contribution in [1.82, 2.24) is 4.90 Å². The highest BCUT2D eigenvalue weighted by molar-refractivity contribution is 5.89. The van der Waals surface area contributed by atoms with Crippen LogP contribution in [0.15, 0.2) is 23.7 Å². The van der Waals surface area contributed by atoms with Gasteiger partial charge in [-0.3, -0.25) is 4.79 Å². The van der Waals surface area contributed by atoms with Crippen LogP contribution in [-0.2, 0) is 14.3 Å². The molecule has 0 atom stereocenters. The Morgan fingerprint density at radius 2 is 1.61 bits per heavy atom. The standard InChI is InChI=1S/C12H17NO5/c1-18-12(17)8-10(15)9(14)7-11(16)13-5-3-2-4-6-13/h7-8,14-15H,2-6H2,1H3. The average Bonchev–Trinajstić information content (AvgIpc) is 2.39. The first-order valence-electron chi connectivity index (χ1n) is 5.73. The van der Waals surface area contributed by atoms with Crippen molar-refractivity contribution in [1.29, 1.82) is 0 Å². The van der Waals surface area contributed by atoms with Crippen molar-refractivity contribution in [2.75, 3.05) is 20.2 Å². The predicted molar refractivity (Wildman–Crippen MR) is 63.9 cm³/mol. The van der Waals surface area contributed by atoms with Crippen LogP contribution in [0.25, 0.3) is 0 Å². The molecule has 0 unspecified atom stereocenters. The number of hydrogen-bond acceptors (Lipinski definition) is 5. The SMILES string of the molecule is COC(=O)C=C(O)C(O)=CC(=O)N1CCCCC1. The average molecular weight is 255 g/mol. The molecule has 6 heteroatoms. The number of methoxy groups -OCH3 is 1. The largest absolute Gasteiger partial charge is 0.504 e. The lowest BCUT2D eigenvalue weighted by atomic mass is 10.1. The number of esters is 1. The molecule has 18 heavy (non-hydrogen) atoms. The summed E-state index contributed by atoms with van der Waals surface area (Å²) in [6.07, 6.45) is 4.57. The lowest BCUT2D eigenvalue weighted by Crippen LogP contribution is -2.34. The third kappa shape index (κ3) is 4.12. The van der Waals surface area contributed by atoms with E-state index < -0.39 is 17.5 Å². The molecule has 1 heterocycles. The van der Waals surface area contributed by atoms with E-state index in [9.17, 15) is 19.8 Å². The maximum absolute atomic E-state index is 11.7. The Bertz CT molecular complexity index is 380. The lowest BCUT2D eigenvalue weighted by Gasteiger charge is -2.25. The van der Waals surface area contributed by atoms with Gasteiger partial charge in [-0.15, -0.1) is 0 Å². The summed E-state index contributed by atoms with van der Waals surface area (Å²) in [6, 6.07) is 0. The van der Waals surface area contributed by atoms with Crippen LogP contribution in [0.5, 0.6) is 0 Å². The highest BCUT2D eigenvalue weighted by Gasteiger charge is 2.16. The third-order valence-corrected chi connectivity index (χ3v) is 2.65. The Kier molecular flexibility index (Phi) is 5.23. The number of piperidine rings is 1. The molecule has 0 saturated carbocycles. The second-order valence-electron chi connectivity index (χ2n) is 3.97. The van der Waals surface area contributed by atoms with Gasteiger partial charge in [0.1, 0.15) is 0 Å². The Morgan fingerprint density at radius 1 is 1.06 bits per heavy atom. The monoisotopic (exact) mass is 255 g/mol. The molecule has 1 rings (SSSR count). The van der Waals surface area contributed by atoms with Gasteiger partial charge < -0.3 is 19.8 Å². The van der Waals surface area contributed by atoms with Gasteiger partial charge in [-0.05, 0) is 19.3 Å². The molecule has 1 amide bonds. The summed E-state index contributed by atoms with van der Waals surface area (Å²) in [5, 5.41) is 18.8. The van der Waals surface area contributed by atoms with Gasteiger partial charge in [-0.25, -0.2) is 4.79 Å². The summed E-state index contributed by atoms with van der Waals surface area (Å²) >= 11 is 0. The van der Waals surface area contributed by atoms with Gasteiger partial charge in [0.25, 0.3) is 0 Å². The molecule has 0 aliphatic carbocycles. The number of carbonyl (C=O) groups excluding carboxylic acids is 2. The molecule has 6 nitrogen and oxygen atoms in total. The summed E-state index contributed by atoms with van der Waals surface area (Å²) in [4.78, 5) is 24.1. The van der Waals surface area contributed by atoms with Crippen LogP contribution in [0.3, 0.4) is 0 Å². The molecular formula is C12H17NO5. The number of aliphatic hydroxyl groups excluding tert-OH is 2. The van der Waals surface area contributed by atoms with E-state index in [-0.39, 0.29) is 5.91 Å². The zero-order chi connectivity index (χ0) is 13.5. The van der Waals surface area contributed by atoms with Crippen molar-refractivity contribution in [2.24, 2.45) is 0 Å². The van der Waals surface area contributed by atoms with Crippen LogP contribution < -0.4 is 0 Å². The van der Waals surface area contributed by atoms with Crippen molar-refractivity contribution in [2.45, 2.75) is 19.3 Å². The molecule has 2 N–H and O–H groups in total. The van der Waals surface area contributed by atoms with Crippen LogP contribution in [0, 0.1) is 0 Å². The minimum atomic E-state index is -0.808. The Morgan fingerprint density at radius 3 is 2.17 bits per heavy atom. The first-order valence-corrected chi connectivity index (χ1v) is 5.73. The van der Waals surface area contributed by atoms with E-state index in [1.165, 1.54) is 0 Å². The Hall–Kier alpha value is -1.98. The number of rotatable bonds is 3. The van der Waals surface area contributed by atoms with Crippen LogP contribution in [0.2, 0.25) is 0 Å². The molecule has 0 radical (unpaired) electrons. The minimum Gasteiger partial charge on any atom is -0.504 e. The molecule has 1 aliphatic rings. The van der Waals surface area contributed by atoms with Crippen molar-refractivity contribution >= 4 is 11.9 Å². The fourth-order valence-electron chi connectivity index (χ4n) is 1.64. The quantitative estimate of drug-likeness (QED) is 0.341. The minimum absolute atomic E-state index is 0.378. The van der Waals surface area contributed by atoms with E-state index in [1.54, 1.807) is 4.90 Å². The van der Waals surface area contributed by atoms with Gasteiger partial charge in [0, 0.05) is 19.2 Å². The smallest absolute Gasteiger partial charge is 0.334 e. The topological polar surface area (TPSA) is 87.1 Å². The first kappa shape index (κ1) is 14.1.